The first kappa shape index (κ1) is 13.3. The summed E-state index contributed by atoms with van der Waals surface area (Å²) in [6, 6.07) is -0.0224. The number of nitrogens with one attached hydrogen (secondary N) is 1. The van der Waals surface area contributed by atoms with Crippen LogP contribution in [0.3, 0.4) is 0 Å². The van der Waals surface area contributed by atoms with E-state index in [-0.39, 0.29) is 16.8 Å². The lowest BCUT2D eigenvalue weighted by molar-refractivity contribution is 0.248. The standard InChI is InChI=1S/C10H19N5O2S/c1-14-5-3-8(4-6-14)13-18(16,17)9-7-15(2)12-10(9)11/h7-8,13H,3-6H2,1-2H3,(H2,11,12). The maximum absolute atomic E-state index is 12.2. The predicted molar refractivity (Wildman–Crippen MR) is 68.5 cm³/mol. The van der Waals surface area contributed by atoms with Gasteiger partial charge in [0.15, 0.2) is 5.82 Å². The Morgan fingerprint density at radius 3 is 2.50 bits per heavy atom. The molecule has 0 unspecified atom stereocenters. The molecule has 0 amide bonds. The smallest absolute Gasteiger partial charge is 0.246 e. The third kappa shape index (κ3) is 2.82. The van der Waals surface area contributed by atoms with Crippen LogP contribution in [0.5, 0.6) is 0 Å². The van der Waals surface area contributed by atoms with Crippen molar-refractivity contribution >= 4 is 15.8 Å². The Kier molecular flexibility index (Phi) is 3.60. The van der Waals surface area contributed by atoms with Crippen molar-refractivity contribution in [1.82, 2.24) is 19.4 Å². The Labute approximate surface area is 107 Å². The van der Waals surface area contributed by atoms with E-state index in [0.29, 0.717) is 0 Å². The molecule has 1 aliphatic rings. The van der Waals surface area contributed by atoms with Gasteiger partial charge in [-0.3, -0.25) is 4.68 Å². The maximum Gasteiger partial charge on any atom is 0.246 e. The molecular formula is C10H19N5O2S. The van der Waals surface area contributed by atoms with Crippen molar-refractivity contribution in [2.45, 2.75) is 23.8 Å². The molecule has 0 bridgehead atoms. The zero-order valence-electron chi connectivity index (χ0n) is 10.6. The molecule has 7 nitrogen and oxygen atoms in total. The predicted octanol–water partition coefficient (Wildman–Crippen LogP) is -0.625. The van der Waals surface area contributed by atoms with Gasteiger partial charge in [-0.05, 0) is 33.0 Å². The summed E-state index contributed by atoms with van der Waals surface area (Å²) in [6.07, 6.45) is 3.05. The molecule has 1 saturated heterocycles. The van der Waals surface area contributed by atoms with Crippen LogP contribution in [0.25, 0.3) is 0 Å². The SMILES string of the molecule is CN1CCC(NS(=O)(=O)c2cn(C)nc2N)CC1. The van der Waals surface area contributed by atoms with Crippen molar-refractivity contribution in [2.24, 2.45) is 7.05 Å². The fourth-order valence-corrected chi connectivity index (χ4v) is 3.51. The van der Waals surface area contributed by atoms with Crippen LogP contribution >= 0.6 is 0 Å². The average Bonchev–Trinajstić information content (AvgIpc) is 2.62. The normalized spacial score (nSPS) is 19.2. The van der Waals surface area contributed by atoms with E-state index in [1.54, 1.807) is 7.05 Å². The van der Waals surface area contributed by atoms with Crippen LogP contribution in [0.1, 0.15) is 12.8 Å². The molecule has 1 aromatic rings. The molecular weight excluding hydrogens is 254 g/mol. The Balaban J connectivity index is 2.10. The number of piperidine rings is 1. The van der Waals surface area contributed by atoms with E-state index in [1.165, 1.54) is 10.9 Å². The van der Waals surface area contributed by atoms with Crippen LogP contribution in [-0.2, 0) is 17.1 Å². The Bertz CT molecular complexity index is 516. The number of nitrogens with two attached hydrogens (primary N) is 1. The molecule has 1 aliphatic heterocycles. The lowest BCUT2D eigenvalue weighted by Gasteiger charge is -2.29. The molecule has 1 fully saturated rings. The first-order chi connectivity index (χ1) is 8.38. The van der Waals surface area contributed by atoms with Crippen LogP contribution in [0.2, 0.25) is 0 Å². The highest BCUT2D eigenvalue weighted by molar-refractivity contribution is 7.89. The van der Waals surface area contributed by atoms with Gasteiger partial charge in [-0.25, -0.2) is 13.1 Å². The number of aromatic nitrogens is 2. The fraction of sp³-hybridized carbons (Fsp3) is 0.700. The minimum atomic E-state index is -3.56. The maximum atomic E-state index is 12.2. The highest BCUT2D eigenvalue weighted by Gasteiger charge is 2.26. The number of likely N-dealkylation sites (tertiary alicyclic amines) is 1. The second kappa shape index (κ2) is 4.87. The van der Waals surface area contributed by atoms with E-state index >= 15 is 0 Å². The molecule has 0 spiro atoms. The minimum absolute atomic E-state index is 0.0224. The summed E-state index contributed by atoms with van der Waals surface area (Å²) in [6.45, 7) is 1.80. The van der Waals surface area contributed by atoms with Gasteiger partial charge < -0.3 is 10.6 Å². The molecule has 2 heterocycles. The number of anilines is 1. The van der Waals surface area contributed by atoms with Gasteiger partial charge in [0.05, 0.1) is 0 Å². The van der Waals surface area contributed by atoms with E-state index < -0.39 is 10.0 Å². The van der Waals surface area contributed by atoms with E-state index in [2.05, 4.69) is 14.7 Å². The highest BCUT2D eigenvalue weighted by atomic mass is 32.2. The first-order valence-electron chi connectivity index (χ1n) is 5.88. The minimum Gasteiger partial charge on any atom is -0.381 e. The second-order valence-electron chi connectivity index (χ2n) is 4.75. The van der Waals surface area contributed by atoms with Crippen LogP contribution in [0, 0.1) is 0 Å². The monoisotopic (exact) mass is 273 g/mol. The van der Waals surface area contributed by atoms with Gasteiger partial charge in [-0.15, -0.1) is 0 Å². The summed E-state index contributed by atoms with van der Waals surface area (Å²) >= 11 is 0. The molecule has 3 N–H and O–H groups in total. The second-order valence-corrected chi connectivity index (χ2v) is 6.43. The third-order valence-corrected chi connectivity index (χ3v) is 4.69. The van der Waals surface area contributed by atoms with E-state index in [9.17, 15) is 8.42 Å². The quantitative estimate of drug-likeness (QED) is 0.765. The molecule has 0 atom stereocenters. The highest BCUT2D eigenvalue weighted by Crippen LogP contribution is 2.18. The third-order valence-electron chi connectivity index (χ3n) is 3.15. The van der Waals surface area contributed by atoms with Gasteiger partial charge in [0.2, 0.25) is 10.0 Å². The van der Waals surface area contributed by atoms with Crippen molar-refractivity contribution in [3.63, 3.8) is 0 Å². The number of aryl methyl sites for hydroxylation is 1. The number of nitrogen functional groups attached to an aromatic ring is 1. The molecule has 1 aromatic heterocycles. The molecule has 8 heteroatoms. The number of rotatable bonds is 3. The summed E-state index contributed by atoms with van der Waals surface area (Å²) < 4.78 is 28.4. The summed E-state index contributed by atoms with van der Waals surface area (Å²) in [5, 5.41) is 3.85. The van der Waals surface area contributed by atoms with E-state index in [4.69, 9.17) is 5.73 Å². The first-order valence-corrected chi connectivity index (χ1v) is 7.37. The molecule has 0 radical (unpaired) electrons. The molecule has 18 heavy (non-hydrogen) atoms. The summed E-state index contributed by atoms with van der Waals surface area (Å²) in [7, 11) is 0.111. The number of hydrogen-bond acceptors (Lipinski definition) is 5. The average molecular weight is 273 g/mol. The number of nitrogens with zero attached hydrogens (tertiary/aromatic N) is 3. The van der Waals surface area contributed by atoms with Gasteiger partial charge in [0.1, 0.15) is 4.90 Å². The van der Waals surface area contributed by atoms with Gasteiger partial charge in [0, 0.05) is 19.3 Å². The zero-order valence-corrected chi connectivity index (χ0v) is 11.4. The van der Waals surface area contributed by atoms with Crippen LogP contribution in [0.4, 0.5) is 5.82 Å². The van der Waals surface area contributed by atoms with Crippen molar-refractivity contribution in [2.75, 3.05) is 25.9 Å². The zero-order chi connectivity index (χ0) is 13.3. The van der Waals surface area contributed by atoms with Gasteiger partial charge in [-0.2, -0.15) is 5.10 Å². The Morgan fingerprint density at radius 2 is 2.00 bits per heavy atom. The van der Waals surface area contributed by atoms with E-state index in [0.717, 1.165) is 25.9 Å². The molecule has 0 saturated carbocycles. The summed E-state index contributed by atoms with van der Waals surface area (Å²) in [4.78, 5) is 2.24. The lowest BCUT2D eigenvalue weighted by atomic mass is 10.1. The van der Waals surface area contributed by atoms with E-state index in [1.807, 2.05) is 7.05 Å². The summed E-state index contributed by atoms with van der Waals surface area (Å²) in [5.41, 5.74) is 5.60. The van der Waals surface area contributed by atoms with Gasteiger partial charge >= 0.3 is 0 Å². The van der Waals surface area contributed by atoms with Crippen molar-refractivity contribution in [3.05, 3.63) is 6.20 Å². The van der Waals surface area contributed by atoms with Crippen LogP contribution in [-0.4, -0.2) is 49.3 Å². The van der Waals surface area contributed by atoms with Crippen molar-refractivity contribution < 1.29 is 8.42 Å². The molecule has 0 aromatic carbocycles. The molecule has 2 rings (SSSR count). The number of sulfonamides is 1. The summed E-state index contributed by atoms with van der Waals surface area (Å²) in [5.74, 6) is 0.0397. The molecule has 102 valence electrons. The van der Waals surface area contributed by atoms with Crippen molar-refractivity contribution in [3.8, 4) is 0 Å². The number of hydrogen-bond donors (Lipinski definition) is 2. The topological polar surface area (TPSA) is 93.2 Å². The van der Waals surface area contributed by atoms with Gasteiger partial charge in [-0.1, -0.05) is 0 Å². The van der Waals surface area contributed by atoms with Crippen molar-refractivity contribution in [1.29, 1.82) is 0 Å². The Hall–Kier alpha value is -1.12. The van der Waals surface area contributed by atoms with Crippen LogP contribution in [0.15, 0.2) is 11.1 Å². The fourth-order valence-electron chi connectivity index (χ4n) is 2.10. The largest absolute Gasteiger partial charge is 0.381 e. The molecule has 0 aliphatic carbocycles. The van der Waals surface area contributed by atoms with Crippen LogP contribution < -0.4 is 10.5 Å². The Morgan fingerprint density at radius 1 is 1.39 bits per heavy atom. The lowest BCUT2D eigenvalue weighted by Crippen LogP contribution is -2.43. The van der Waals surface area contributed by atoms with Gasteiger partial charge in [0.25, 0.3) is 0 Å².